The Morgan fingerprint density at radius 2 is 2.00 bits per heavy atom. The Kier molecular flexibility index (Phi) is 5.68. The number of benzene rings is 1. The normalized spacial score (nSPS) is 15.3. The molecule has 3 nitrogen and oxygen atoms in total. The zero-order valence-electron chi connectivity index (χ0n) is 11.6. The maximum absolute atomic E-state index is 8.30. The van der Waals surface area contributed by atoms with Gasteiger partial charge in [-0.1, -0.05) is 46.6 Å². The van der Waals surface area contributed by atoms with Gasteiger partial charge in [0.1, 0.15) is 0 Å². The highest BCUT2D eigenvalue weighted by Crippen LogP contribution is 2.40. The fourth-order valence-electron chi connectivity index (χ4n) is 2.54. The van der Waals surface area contributed by atoms with Crippen molar-refractivity contribution in [2.45, 2.75) is 32.6 Å². The number of halogens is 1. The number of nitrogens with zero attached hydrogens (tertiary/aromatic N) is 3. The predicted octanol–water partition coefficient (Wildman–Crippen LogP) is 6.03. The third-order valence-corrected chi connectivity index (χ3v) is 4.70. The van der Waals surface area contributed by atoms with Crippen LogP contribution in [0.25, 0.3) is 16.0 Å². The molecule has 1 aliphatic rings. The van der Waals surface area contributed by atoms with E-state index in [1.807, 2.05) is 0 Å². The molecule has 0 unspecified atom stereocenters. The molecule has 0 saturated carbocycles. The van der Waals surface area contributed by atoms with Gasteiger partial charge in [0, 0.05) is 11.5 Å². The first-order valence-electron chi connectivity index (χ1n) is 6.83. The first-order chi connectivity index (χ1) is 9.72. The van der Waals surface area contributed by atoms with E-state index in [4.69, 9.17) is 5.53 Å². The molecule has 0 aliphatic heterocycles. The third-order valence-electron chi connectivity index (χ3n) is 3.66. The van der Waals surface area contributed by atoms with Crippen LogP contribution in [-0.4, -0.2) is 6.54 Å². The van der Waals surface area contributed by atoms with Gasteiger partial charge < -0.3 is 0 Å². The van der Waals surface area contributed by atoms with Crippen molar-refractivity contribution in [3.63, 3.8) is 0 Å². The minimum absolute atomic E-state index is 0.596. The van der Waals surface area contributed by atoms with Gasteiger partial charge >= 0.3 is 0 Å². The predicted molar refractivity (Wildman–Crippen MR) is 92.6 cm³/mol. The zero-order valence-corrected chi connectivity index (χ0v) is 13.8. The van der Waals surface area contributed by atoms with E-state index in [-0.39, 0.29) is 0 Å². The standard InChI is InChI=1S/C16H18IN3/c1-12-10-15(13-6-3-2-4-7-13)16(17)11-14(12)8-5-9-19-20-18/h2-4,6-7H,5,8-11H2,1H3. The van der Waals surface area contributed by atoms with Gasteiger partial charge in [0.15, 0.2) is 0 Å². The van der Waals surface area contributed by atoms with E-state index in [2.05, 4.69) is 69.9 Å². The molecule has 0 aromatic heterocycles. The lowest BCUT2D eigenvalue weighted by Crippen LogP contribution is -2.01. The molecule has 0 heterocycles. The van der Waals surface area contributed by atoms with Crippen molar-refractivity contribution < 1.29 is 0 Å². The fourth-order valence-corrected chi connectivity index (χ4v) is 3.50. The van der Waals surface area contributed by atoms with E-state index < -0.39 is 0 Å². The SMILES string of the molecule is CC1=C(CCCN=[N+]=[N-])CC(I)=C(c2ccccc2)C1. The molecule has 0 saturated heterocycles. The number of azide groups is 1. The summed E-state index contributed by atoms with van der Waals surface area (Å²) >= 11 is 2.48. The lowest BCUT2D eigenvalue weighted by molar-refractivity contribution is 0.786. The zero-order chi connectivity index (χ0) is 14.4. The van der Waals surface area contributed by atoms with Crippen LogP contribution >= 0.6 is 22.6 Å². The highest BCUT2D eigenvalue weighted by atomic mass is 127. The van der Waals surface area contributed by atoms with E-state index in [0.717, 1.165) is 25.7 Å². The van der Waals surface area contributed by atoms with E-state index >= 15 is 0 Å². The maximum atomic E-state index is 8.30. The molecular formula is C16H18IN3. The summed E-state index contributed by atoms with van der Waals surface area (Å²) in [5, 5.41) is 3.61. The number of hydrogen-bond donors (Lipinski definition) is 0. The quantitative estimate of drug-likeness (QED) is 0.150. The van der Waals surface area contributed by atoms with Gasteiger partial charge in [-0.3, -0.25) is 0 Å². The lowest BCUT2D eigenvalue weighted by Gasteiger charge is -2.22. The second-order valence-corrected chi connectivity index (χ2v) is 6.35. The second-order valence-electron chi connectivity index (χ2n) is 5.04. The smallest absolute Gasteiger partial charge is 0.0260 e. The Hall–Kier alpha value is -1.26. The molecule has 1 aromatic carbocycles. The summed E-state index contributed by atoms with van der Waals surface area (Å²) in [6.45, 7) is 2.83. The third kappa shape index (κ3) is 3.87. The highest BCUT2D eigenvalue weighted by molar-refractivity contribution is 14.1. The van der Waals surface area contributed by atoms with Crippen molar-refractivity contribution >= 4 is 28.2 Å². The molecule has 0 N–H and O–H groups in total. The van der Waals surface area contributed by atoms with Gasteiger partial charge in [0.2, 0.25) is 0 Å². The Bertz CT molecular complexity index is 581. The van der Waals surface area contributed by atoms with Crippen LogP contribution in [0.3, 0.4) is 0 Å². The van der Waals surface area contributed by atoms with Gasteiger partial charge in [0.25, 0.3) is 0 Å². The van der Waals surface area contributed by atoms with Gasteiger partial charge in [-0.15, -0.1) is 0 Å². The molecule has 0 bridgehead atoms. The average Bonchev–Trinajstić information content (AvgIpc) is 2.47. The molecule has 2 rings (SSSR count). The maximum Gasteiger partial charge on any atom is 0.0260 e. The van der Waals surface area contributed by atoms with Crippen LogP contribution in [0, 0.1) is 0 Å². The molecule has 20 heavy (non-hydrogen) atoms. The molecule has 4 heteroatoms. The molecule has 104 valence electrons. The number of hydrogen-bond acceptors (Lipinski definition) is 1. The first-order valence-corrected chi connectivity index (χ1v) is 7.91. The topological polar surface area (TPSA) is 48.8 Å². The van der Waals surface area contributed by atoms with Crippen molar-refractivity contribution in [2.75, 3.05) is 6.54 Å². The van der Waals surface area contributed by atoms with E-state index in [0.29, 0.717) is 6.54 Å². The molecule has 0 atom stereocenters. The van der Waals surface area contributed by atoms with Gasteiger partial charge in [-0.25, -0.2) is 0 Å². The summed E-state index contributed by atoms with van der Waals surface area (Å²) in [4.78, 5) is 2.80. The molecule has 1 aliphatic carbocycles. The van der Waals surface area contributed by atoms with E-state index in [1.54, 1.807) is 0 Å². The van der Waals surface area contributed by atoms with E-state index in [1.165, 1.54) is 25.9 Å². The summed E-state index contributed by atoms with van der Waals surface area (Å²) in [7, 11) is 0. The summed E-state index contributed by atoms with van der Waals surface area (Å²) in [5.41, 5.74) is 14.1. The van der Waals surface area contributed by atoms with E-state index in [9.17, 15) is 0 Å². The molecule has 0 radical (unpaired) electrons. The molecule has 0 fully saturated rings. The Morgan fingerprint density at radius 1 is 1.25 bits per heavy atom. The van der Waals surface area contributed by atoms with Crippen molar-refractivity contribution in [1.82, 2.24) is 0 Å². The monoisotopic (exact) mass is 379 g/mol. The van der Waals surface area contributed by atoms with Crippen molar-refractivity contribution in [1.29, 1.82) is 0 Å². The van der Waals surface area contributed by atoms with Gasteiger partial charge in [0.05, 0.1) is 0 Å². The number of rotatable bonds is 5. The first kappa shape index (κ1) is 15.1. The van der Waals surface area contributed by atoms with Gasteiger partial charge in [-0.2, -0.15) is 0 Å². The van der Waals surface area contributed by atoms with Crippen LogP contribution in [0.5, 0.6) is 0 Å². The summed E-state index contributed by atoms with van der Waals surface area (Å²) in [5.74, 6) is 0. The molecule has 1 aromatic rings. The van der Waals surface area contributed by atoms with Crippen LogP contribution < -0.4 is 0 Å². The molecule has 0 spiro atoms. The highest BCUT2D eigenvalue weighted by Gasteiger charge is 2.17. The molecule has 0 amide bonds. The Balaban J connectivity index is 2.06. The van der Waals surface area contributed by atoms with Crippen LogP contribution in [-0.2, 0) is 0 Å². The largest absolute Gasteiger partial charge is 0.0940 e. The summed E-state index contributed by atoms with van der Waals surface area (Å²) in [6.07, 6.45) is 4.08. The Labute approximate surface area is 133 Å². The average molecular weight is 379 g/mol. The lowest BCUT2D eigenvalue weighted by atomic mass is 9.87. The van der Waals surface area contributed by atoms with Gasteiger partial charge in [-0.05, 0) is 75.4 Å². The summed E-state index contributed by atoms with van der Waals surface area (Å²) < 4.78 is 1.44. The van der Waals surface area contributed by atoms with Crippen LogP contribution in [0.2, 0.25) is 0 Å². The summed E-state index contributed by atoms with van der Waals surface area (Å²) in [6, 6.07) is 10.6. The second kappa shape index (κ2) is 7.50. The van der Waals surface area contributed by atoms with Crippen LogP contribution in [0.1, 0.15) is 38.2 Å². The Morgan fingerprint density at radius 3 is 2.70 bits per heavy atom. The number of allylic oxidation sites excluding steroid dienone is 4. The fraction of sp³-hybridized carbons (Fsp3) is 0.375. The van der Waals surface area contributed by atoms with Crippen LogP contribution in [0.4, 0.5) is 0 Å². The van der Waals surface area contributed by atoms with Crippen molar-refractivity contribution in [3.05, 3.63) is 61.1 Å². The molecular weight excluding hydrogens is 361 g/mol. The van der Waals surface area contributed by atoms with Crippen molar-refractivity contribution in [2.24, 2.45) is 5.11 Å². The van der Waals surface area contributed by atoms with Crippen LogP contribution in [0.15, 0.2) is 50.2 Å². The van der Waals surface area contributed by atoms with Crippen molar-refractivity contribution in [3.8, 4) is 0 Å². The minimum atomic E-state index is 0.596. The minimum Gasteiger partial charge on any atom is -0.0940 e.